The van der Waals surface area contributed by atoms with Gasteiger partial charge in [0.05, 0.1) is 6.54 Å². The van der Waals surface area contributed by atoms with Gasteiger partial charge in [-0.15, -0.1) is 11.3 Å². The van der Waals surface area contributed by atoms with E-state index in [4.69, 9.17) is 4.99 Å². The van der Waals surface area contributed by atoms with Crippen molar-refractivity contribution in [2.24, 2.45) is 4.99 Å². The summed E-state index contributed by atoms with van der Waals surface area (Å²) < 4.78 is 0. The summed E-state index contributed by atoms with van der Waals surface area (Å²) in [5.41, 5.74) is 3.63. The topological polar surface area (TPSA) is 60.0 Å². The maximum Gasteiger partial charge on any atom is 0.227 e. The lowest BCUT2D eigenvalue weighted by Crippen LogP contribution is -2.42. The van der Waals surface area contributed by atoms with Crippen LogP contribution in [0.15, 0.2) is 40.7 Å². The number of fused-ring (bicyclic) bond motifs is 1. The number of nitrogens with one attached hydrogen (secondary N) is 2. The molecule has 3 heterocycles. The molecule has 160 valence electrons. The van der Waals surface area contributed by atoms with Crippen LogP contribution in [0.25, 0.3) is 0 Å². The predicted molar refractivity (Wildman–Crippen MR) is 124 cm³/mol. The summed E-state index contributed by atoms with van der Waals surface area (Å²) in [7, 11) is 0. The molecule has 2 aromatic rings. The zero-order valence-corrected chi connectivity index (χ0v) is 18.5. The van der Waals surface area contributed by atoms with E-state index < -0.39 is 0 Å². The molecule has 7 heteroatoms. The normalized spacial score (nSPS) is 17.3. The van der Waals surface area contributed by atoms with Gasteiger partial charge in [0.15, 0.2) is 5.96 Å². The lowest BCUT2D eigenvalue weighted by molar-refractivity contribution is -0.117. The second kappa shape index (κ2) is 10.1. The molecular formula is C23H31N5OS. The maximum atomic E-state index is 11.9. The van der Waals surface area contributed by atoms with Crippen molar-refractivity contribution in [3.8, 4) is 0 Å². The number of benzene rings is 1. The molecule has 2 aliphatic heterocycles. The Hall–Kier alpha value is -2.38. The van der Waals surface area contributed by atoms with E-state index in [0.29, 0.717) is 13.0 Å². The van der Waals surface area contributed by atoms with Crippen LogP contribution in [0.5, 0.6) is 0 Å². The molecule has 0 spiro atoms. The Balaban J connectivity index is 1.26. The summed E-state index contributed by atoms with van der Waals surface area (Å²) in [4.78, 5) is 22.6. The van der Waals surface area contributed by atoms with Crippen LogP contribution in [-0.4, -0.2) is 49.5 Å². The lowest BCUT2D eigenvalue weighted by atomic mass is 10.1. The molecule has 1 aromatic carbocycles. The number of rotatable bonds is 7. The first kappa shape index (κ1) is 20.9. The number of guanidine groups is 1. The van der Waals surface area contributed by atoms with E-state index in [9.17, 15) is 4.79 Å². The third kappa shape index (κ3) is 5.21. The summed E-state index contributed by atoms with van der Waals surface area (Å²) in [6.45, 7) is 8.45. The van der Waals surface area contributed by atoms with Crippen LogP contribution in [0.3, 0.4) is 0 Å². The van der Waals surface area contributed by atoms with E-state index in [2.05, 4.69) is 46.0 Å². The first-order valence-electron chi connectivity index (χ1n) is 10.9. The van der Waals surface area contributed by atoms with Gasteiger partial charge in [0, 0.05) is 56.3 Å². The van der Waals surface area contributed by atoms with E-state index in [-0.39, 0.29) is 5.91 Å². The van der Waals surface area contributed by atoms with Crippen LogP contribution in [0.2, 0.25) is 0 Å². The Morgan fingerprint density at radius 2 is 2.00 bits per heavy atom. The number of nitrogens with zero attached hydrogens (tertiary/aromatic N) is 3. The fourth-order valence-corrected chi connectivity index (χ4v) is 4.93. The van der Waals surface area contributed by atoms with Crippen molar-refractivity contribution >= 4 is 28.9 Å². The summed E-state index contributed by atoms with van der Waals surface area (Å²) in [6.07, 6.45) is 2.78. The largest absolute Gasteiger partial charge is 0.357 e. The molecule has 4 rings (SSSR count). The monoisotopic (exact) mass is 425 g/mol. The van der Waals surface area contributed by atoms with Crippen LogP contribution in [0, 0.1) is 0 Å². The standard InChI is InChI=1S/C23H31N5OS/c1-2-24-23(25-11-14-27-13-9-21-19(17-27)10-15-30-21)26-16-18-5-7-20(8-6-18)28-12-3-4-22(28)29/h5-8,10,15H,2-4,9,11-14,16-17H2,1H3,(H2,24,25,26). The molecular weight excluding hydrogens is 394 g/mol. The SMILES string of the molecule is CCNC(=NCc1ccc(N2CCCC2=O)cc1)NCCN1CCc2sccc2C1. The highest BCUT2D eigenvalue weighted by atomic mass is 32.1. The molecule has 1 amide bonds. The minimum atomic E-state index is 0.225. The van der Waals surface area contributed by atoms with Gasteiger partial charge in [0.2, 0.25) is 5.91 Å². The van der Waals surface area contributed by atoms with Gasteiger partial charge < -0.3 is 15.5 Å². The molecule has 2 N–H and O–H groups in total. The molecule has 2 aliphatic rings. The molecule has 0 saturated carbocycles. The minimum Gasteiger partial charge on any atom is -0.357 e. The smallest absolute Gasteiger partial charge is 0.227 e. The number of aliphatic imine (C=N–C) groups is 1. The van der Waals surface area contributed by atoms with Crippen molar-refractivity contribution in [3.63, 3.8) is 0 Å². The zero-order chi connectivity index (χ0) is 20.8. The molecule has 0 radical (unpaired) electrons. The predicted octanol–water partition coefficient (Wildman–Crippen LogP) is 2.99. The van der Waals surface area contributed by atoms with Crippen LogP contribution >= 0.6 is 11.3 Å². The molecule has 0 bridgehead atoms. The Morgan fingerprint density at radius 3 is 2.77 bits per heavy atom. The number of hydrogen-bond donors (Lipinski definition) is 2. The number of anilines is 1. The first-order chi connectivity index (χ1) is 14.7. The third-order valence-electron chi connectivity index (χ3n) is 5.69. The molecule has 1 saturated heterocycles. The second-order valence-corrected chi connectivity index (χ2v) is 8.83. The lowest BCUT2D eigenvalue weighted by Gasteiger charge is -2.27. The summed E-state index contributed by atoms with van der Waals surface area (Å²) >= 11 is 1.88. The van der Waals surface area contributed by atoms with Gasteiger partial charge in [-0.2, -0.15) is 0 Å². The summed E-state index contributed by atoms with van der Waals surface area (Å²) in [5, 5.41) is 9.00. The average molecular weight is 426 g/mol. The van der Waals surface area contributed by atoms with Gasteiger partial charge in [0.25, 0.3) is 0 Å². The van der Waals surface area contributed by atoms with E-state index >= 15 is 0 Å². The number of carbonyl (C=O) groups is 1. The zero-order valence-electron chi connectivity index (χ0n) is 17.7. The minimum absolute atomic E-state index is 0.225. The fraction of sp³-hybridized carbons (Fsp3) is 0.478. The van der Waals surface area contributed by atoms with Crippen LogP contribution in [0.1, 0.15) is 35.8 Å². The summed E-state index contributed by atoms with van der Waals surface area (Å²) in [6, 6.07) is 10.5. The highest BCUT2D eigenvalue weighted by Crippen LogP contribution is 2.24. The third-order valence-corrected chi connectivity index (χ3v) is 6.72. The number of hydrogen-bond acceptors (Lipinski definition) is 4. The van der Waals surface area contributed by atoms with Crippen molar-refractivity contribution < 1.29 is 4.79 Å². The fourth-order valence-electron chi connectivity index (χ4n) is 4.04. The molecule has 1 fully saturated rings. The van der Waals surface area contributed by atoms with Gasteiger partial charge in [-0.25, -0.2) is 4.99 Å². The Labute approximate surface area is 183 Å². The van der Waals surface area contributed by atoms with Gasteiger partial charge >= 0.3 is 0 Å². The number of carbonyl (C=O) groups excluding carboxylic acids is 1. The van der Waals surface area contributed by atoms with Crippen molar-refractivity contribution in [3.05, 3.63) is 51.7 Å². The quantitative estimate of drug-likeness (QED) is 0.529. The van der Waals surface area contributed by atoms with Crippen molar-refractivity contribution in [2.45, 2.75) is 39.3 Å². The number of amides is 1. The van der Waals surface area contributed by atoms with E-state index in [0.717, 1.165) is 62.9 Å². The van der Waals surface area contributed by atoms with Crippen molar-refractivity contribution in [1.82, 2.24) is 15.5 Å². The number of thiophene rings is 1. The van der Waals surface area contributed by atoms with Gasteiger partial charge in [0.1, 0.15) is 0 Å². The van der Waals surface area contributed by atoms with E-state index in [1.54, 1.807) is 4.88 Å². The Bertz CT molecular complexity index is 876. The molecule has 0 aliphatic carbocycles. The summed E-state index contributed by atoms with van der Waals surface area (Å²) in [5.74, 6) is 1.08. The van der Waals surface area contributed by atoms with Crippen molar-refractivity contribution in [1.29, 1.82) is 0 Å². The maximum absolute atomic E-state index is 11.9. The van der Waals surface area contributed by atoms with Crippen LogP contribution in [-0.2, 0) is 24.3 Å². The Morgan fingerprint density at radius 1 is 1.13 bits per heavy atom. The highest BCUT2D eigenvalue weighted by molar-refractivity contribution is 7.10. The highest BCUT2D eigenvalue weighted by Gasteiger charge is 2.21. The van der Waals surface area contributed by atoms with E-state index in [1.165, 1.54) is 12.0 Å². The van der Waals surface area contributed by atoms with Gasteiger partial charge in [-0.1, -0.05) is 12.1 Å². The molecule has 0 unspecified atom stereocenters. The molecule has 0 atom stereocenters. The average Bonchev–Trinajstić information content (AvgIpc) is 3.41. The first-order valence-corrected chi connectivity index (χ1v) is 11.8. The van der Waals surface area contributed by atoms with Crippen LogP contribution < -0.4 is 15.5 Å². The Kier molecular flexibility index (Phi) is 7.02. The second-order valence-electron chi connectivity index (χ2n) is 7.83. The van der Waals surface area contributed by atoms with Gasteiger partial charge in [-0.05, 0) is 54.5 Å². The van der Waals surface area contributed by atoms with E-state index in [1.807, 2.05) is 28.4 Å². The van der Waals surface area contributed by atoms with Gasteiger partial charge in [-0.3, -0.25) is 9.69 Å². The molecule has 30 heavy (non-hydrogen) atoms. The molecule has 6 nitrogen and oxygen atoms in total. The molecule has 1 aromatic heterocycles. The van der Waals surface area contributed by atoms with Crippen LogP contribution in [0.4, 0.5) is 5.69 Å². The van der Waals surface area contributed by atoms with Crippen molar-refractivity contribution in [2.75, 3.05) is 37.6 Å².